The van der Waals surface area contributed by atoms with Gasteiger partial charge in [0.2, 0.25) is 0 Å². The van der Waals surface area contributed by atoms with Crippen LogP contribution in [-0.2, 0) is 4.74 Å². The fourth-order valence-electron chi connectivity index (χ4n) is 1.69. The Kier molecular flexibility index (Phi) is 4.35. The first-order chi connectivity index (χ1) is 7.42. The Morgan fingerprint density at radius 2 is 2.25 bits per heavy atom. The van der Waals surface area contributed by atoms with Crippen molar-refractivity contribution >= 4 is 6.09 Å². The van der Waals surface area contributed by atoms with Crippen molar-refractivity contribution in [1.82, 2.24) is 4.90 Å². The van der Waals surface area contributed by atoms with E-state index < -0.39 is 5.60 Å². The van der Waals surface area contributed by atoms with Crippen molar-refractivity contribution in [3.63, 3.8) is 0 Å². The molecule has 1 unspecified atom stereocenters. The summed E-state index contributed by atoms with van der Waals surface area (Å²) in [6, 6.07) is 0. The molecule has 0 aromatic carbocycles. The van der Waals surface area contributed by atoms with Gasteiger partial charge in [-0.2, -0.15) is 0 Å². The van der Waals surface area contributed by atoms with E-state index in [9.17, 15) is 4.79 Å². The third kappa shape index (κ3) is 4.23. The first-order valence-electron chi connectivity index (χ1n) is 5.68. The van der Waals surface area contributed by atoms with Crippen molar-refractivity contribution in [2.75, 3.05) is 19.7 Å². The third-order valence-corrected chi connectivity index (χ3v) is 2.39. The van der Waals surface area contributed by atoms with E-state index in [2.05, 4.69) is 0 Å². The highest BCUT2D eigenvalue weighted by molar-refractivity contribution is 5.68. The molecule has 0 bridgehead atoms. The minimum Gasteiger partial charge on any atom is -0.444 e. The highest BCUT2D eigenvalue weighted by Crippen LogP contribution is 2.20. The van der Waals surface area contributed by atoms with Crippen LogP contribution in [0.3, 0.4) is 0 Å². The summed E-state index contributed by atoms with van der Waals surface area (Å²) < 4.78 is 5.29. The van der Waals surface area contributed by atoms with Crippen molar-refractivity contribution in [3.05, 3.63) is 12.2 Å². The zero-order valence-electron chi connectivity index (χ0n) is 10.3. The minimum absolute atomic E-state index is 0.0585. The molecular formula is C12H21NO3. The second kappa shape index (κ2) is 5.34. The first-order valence-corrected chi connectivity index (χ1v) is 5.68. The molecule has 4 heteroatoms. The number of carbonyl (C=O) groups excluding carboxylic acids is 1. The van der Waals surface area contributed by atoms with E-state index in [1.807, 2.05) is 26.8 Å². The number of rotatable bonds is 2. The van der Waals surface area contributed by atoms with Gasteiger partial charge >= 0.3 is 6.09 Å². The Morgan fingerprint density at radius 1 is 1.56 bits per heavy atom. The van der Waals surface area contributed by atoms with Gasteiger partial charge in [0.15, 0.2) is 0 Å². The molecule has 1 atom stereocenters. The summed E-state index contributed by atoms with van der Waals surface area (Å²) in [5.74, 6) is 0.347. The molecular weight excluding hydrogens is 206 g/mol. The summed E-state index contributed by atoms with van der Waals surface area (Å²) in [5.41, 5.74) is -0.434. The number of amides is 1. The fourth-order valence-corrected chi connectivity index (χ4v) is 1.69. The van der Waals surface area contributed by atoms with Gasteiger partial charge in [-0.3, -0.25) is 0 Å². The number of aliphatic hydroxyl groups excluding tert-OH is 1. The lowest BCUT2D eigenvalue weighted by atomic mass is 10.1. The van der Waals surface area contributed by atoms with Crippen molar-refractivity contribution in [1.29, 1.82) is 0 Å². The average Bonchev–Trinajstić information content (AvgIpc) is 2.60. The van der Waals surface area contributed by atoms with E-state index in [1.54, 1.807) is 11.0 Å². The molecule has 1 N–H and O–H groups in total. The number of aliphatic hydroxyl groups is 1. The van der Waals surface area contributed by atoms with E-state index in [4.69, 9.17) is 9.84 Å². The molecule has 1 aliphatic heterocycles. The number of ether oxygens (including phenoxy) is 1. The molecule has 4 nitrogen and oxygen atoms in total. The maximum absolute atomic E-state index is 11.7. The number of hydrogen-bond donors (Lipinski definition) is 1. The van der Waals surface area contributed by atoms with Crippen LogP contribution < -0.4 is 0 Å². The van der Waals surface area contributed by atoms with Gasteiger partial charge < -0.3 is 14.7 Å². The van der Waals surface area contributed by atoms with Gasteiger partial charge in [-0.05, 0) is 33.1 Å². The first kappa shape index (κ1) is 13.0. The fraction of sp³-hybridized carbons (Fsp3) is 0.750. The highest BCUT2D eigenvalue weighted by Gasteiger charge is 2.28. The molecule has 1 rings (SSSR count). The Morgan fingerprint density at radius 3 is 2.81 bits per heavy atom. The van der Waals surface area contributed by atoms with Crippen LogP contribution in [0.4, 0.5) is 4.79 Å². The molecule has 0 saturated carbocycles. The molecule has 1 saturated heterocycles. The zero-order valence-corrected chi connectivity index (χ0v) is 10.3. The molecule has 92 valence electrons. The average molecular weight is 227 g/mol. The topological polar surface area (TPSA) is 49.8 Å². The number of carbonyl (C=O) groups is 1. The molecule has 0 aromatic heterocycles. The van der Waals surface area contributed by atoms with Crippen LogP contribution in [0.15, 0.2) is 12.2 Å². The Hall–Kier alpha value is -1.03. The minimum atomic E-state index is -0.434. The van der Waals surface area contributed by atoms with Gasteiger partial charge in [-0.15, -0.1) is 0 Å². The molecule has 1 heterocycles. The van der Waals surface area contributed by atoms with Crippen LogP contribution in [0.5, 0.6) is 0 Å². The predicted molar refractivity (Wildman–Crippen MR) is 62.1 cm³/mol. The Bertz CT molecular complexity index is 268. The van der Waals surface area contributed by atoms with Crippen molar-refractivity contribution < 1.29 is 14.6 Å². The Balaban J connectivity index is 2.41. The molecule has 0 radical (unpaired) electrons. The van der Waals surface area contributed by atoms with Crippen LogP contribution in [0.1, 0.15) is 27.2 Å². The lowest BCUT2D eigenvalue weighted by Crippen LogP contribution is -2.35. The quantitative estimate of drug-likeness (QED) is 0.732. The van der Waals surface area contributed by atoms with Crippen molar-refractivity contribution in [3.8, 4) is 0 Å². The van der Waals surface area contributed by atoms with E-state index in [0.29, 0.717) is 12.5 Å². The summed E-state index contributed by atoms with van der Waals surface area (Å²) in [6.07, 6.45) is 4.39. The summed E-state index contributed by atoms with van der Waals surface area (Å²) in [4.78, 5) is 13.4. The van der Waals surface area contributed by atoms with Gasteiger partial charge in [0.05, 0.1) is 6.61 Å². The van der Waals surface area contributed by atoms with Crippen molar-refractivity contribution in [2.24, 2.45) is 5.92 Å². The zero-order chi connectivity index (χ0) is 12.2. The summed E-state index contributed by atoms with van der Waals surface area (Å²) in [5, 5.41) is 8.66. The summed E-state index contributed by atoms with van der Waals surface area (Å²) in [6.45, 7) is 7.07. The maximum Gasteiger partial charge on any atom is 0.410 e. The van der Waals surface area contributed by atoms with Gasteiger partial charge in [-0.25, -0.2) is 4.79 Å². The van der Waals surface area contributed by atoms with Crippen molar-refractivity contribution in [2.45, 2.75) is 32.8 Å². The SMILES string of the molecule is CC(C)(C)OC(=O)N1CCC(/C=C/CO)C1. The molecule has 0 aromatic rings. The van der Waals surface area contributed by atoms with Gasteiger partial charge in [-0.1, -0.05) is 12.2 Å². The van der Waals surface area contributed by atoms with Gasteiger partial charge in [0.25, 0.3) is 0 Å². The van der Waals surface area contributed by atoms with E-state index >= 15 is 0 Å². The molecule has 1 amide bonds. The number of likely N-dealkylation sites (tertiary alicyclic amines) is 1. The summed E-state index contributed by atoms with van der Waals surface area (Å²) in [7, 11) is 0. The second-order valence-electron chi connectivity index (χ2n) is 5.09. The third-order valence-electron chi connectivity index (χ3n) is 2.39. The lowest BCUT2D eigenvalue weighted by Gasteiger charge is -2.24. The monoisotopic (exact) mass is 227 g/mol. The second-order valence-corrected chi connectivity index (χ2v) is 5.09. The van der Waals surface area contributed by atoms with E-state index in [-0.39, 0.29) is 12.7 Å². The van der Waals surface area contributed by atoms with Gasteiger partial charge in [0, 0.05) is 13.1 Å². The van der Waals surface area contributed by atoms with E-state index in [0.717, 1.165) is 13.0 Å². The van der Waals surface area contributed by atoms with Crippen LogP contribution in [0, 0.1) is 5.92 Å². The largest absolute Gasteiger partial charge is 0.444 e. The normalized spacial score (nSPS) is 21.8. The molecule has 0 spiro atoms. The Labute approximate surface area is 96.9 Å². The predicted octanol–water partition coefficient (Wildman–Crippen LogP) is 1.79. The van der Waals surface area contributed by atoms with Gasteiger partial charge in [0.1, 0.15) is 5.60 Å². The smallest absolute Gasteiger partial charge is 0.410 e. The summed E-state index contributed by atoms with van der Waals surface area (Å²) >= 11 is 0. The number of hydrogen-bond acceptors (Lipinski definition) is 3. The van der Waals surface area contributed by atoms with Crippen LogP contribution in [0.2, 0.25) is 0 Å². The van der Waals surface area contributed by atoms with Crippen LogP contribution >= 0.6 is 0 Å². The molecule has 0 aliphatic carbocycles. The van der Waals surface area contributed by atoms with Crippen LogP contribution in [0.25, 0.3) is 0 Å². The maximum atomic E-state index is 11.7. The molecule has 16 heavy (non-hydrogen) atoms. The lowest BCUT2D eigenvalue weighted by molar-refractivity contribution is 0.0291. The van der Waals surface area contributed by atoms with E-state index in [1.165, 1.54) is 0 Å². The number of nitrogens with zero attached hydrogens (tertiary/aromatic N) is 1. The molecule has 1 fully saturated rings. The van der Waals surface area contributed by atoms with Crippen LogP contribution in [-0.4, -0.2) is 41.4 Å². The highest BCUT2D eigenvalue weighted by atomic mass is 16.6. The molecule has 1 aliphatic rings. The standard InChI is InChI=1S/C12H21NO3/c1-12(2,3)16-11(15)13-7-6-10(9-13)5-4-8-14/h4-5,10,14H,6-9H2,1-3H3/b5-4+.